The second kappa shape index (κ2) is 6.35. The molecule has 0 saturated carbocycles. The van der Waals surface area contributed by atoms with Crippen LogP contribution in [-0.2, 0) is 17.6 Å². The van der Waals surface area contributed by atoms with Crippen molar-refractivity contribution in [3.8, 4) is 0 Å². The van der Waals surface area contributed by atoms with E-state index in [1.54, 1.807) is 0 Å². The Morgan fingerprint density at radius 3 is 3.00 bits per heavy atom. The van der Waals surface area contributed by atoms with Crippen molar-refractivity contribution in [2.24, 2.45) is 5.41 Å². The maximum absolute atomic E-state index is 12.2. The van der Waals surface area contributed by atoms with Crippen molar-refractivity contribution in [2.75, 3.05) is 26.4 Å². The fourth-order valence-electron chi connectivity index (χ4n) is 3.80. The summed E-state index contributed by atoms with van der Waals surface area (Å²) < 4.78 is 5.16. The van der Waals surface area contributed by atoms with Crippen LogP contribution in [0.1, 0.15) is 23.2 Å². The Morgan fingerprint density at radius 1 is 1.44 bits per heavy atom. The fourth-order valence-corrected chi connectivity index (χ4v) is 3.80. The highest BCUT2D eigenvalue weighted by molar-refractivity contribution is 5.86. The topological polar surface area (TPSA) is 86.4 Å². The standard InChI is InChI=1S/C19H25N3O3/c1-12-2-4-16-14(6-12)15-7-13(3-5-17(15)22-16)21-18(24)20-8-19(9-23)10-25-11-19/h2,4,6,13,22-23H,3,5,7-11H2,1H3,(H2,20,21,24). The molecule has 1 aromatic carbocycles. The Morgan fingerprint density at radius 2 is 2.28 bits per heavy atom. The number of nitrogens with one attached hydrogen (secondary N) is 3. The summed E-state index contributed by atoms with van der Waals surface area (Å²) in [5, 5.41) is 16.7. The summed E-state index contributed by atoms with van der Waals surface area (Å²) in [4.78, 5) is 15.7. The summed E-state index contributed by atoms with van der Waals surface area (Å²) in [5.41, 5.74) is 4.75. The van der Waals surface area contributed by atoms with Crippen molar-refractivity contribution in [1.82, 2.24) is 15.6 Å². The first-order valence-electron chi connectivity index (χ1n) is 8.92. The predicted octanol–water partition coefficient (Wildman–Crippen LogP) is 1.64. The average molecular weight is 343 g/mol. The van der Waals surface area contributed by atoms with E-state index in [1.807, 2.05) is 0 Å². The molecule has 2 aromatic rings. The van der Waals surface area contributed by atoms with Gasteiger partial charge in [0.05, 0.1) is 25.2 Å². The van der Waals surface area contributed by atoms with Crippen LogP contribution in [0.25, 0.3) is 10.9 Å². The SMILES string of the molecule is Cc1ccc2[nH]c3c(c2c1)CC(NC(=O)NCC1(CO)COC1)CC3. The molecule has 4 N–H and O–H groups in total. The molecule has 0 spiro atoms. The molecule has 1 atom stereocenters. The lowest BCUT2D eigenvalue weighted by atomic mass is 9.87. The molecule has 1 aromatic heterocycles. The number of carbonyl (C=O) groups is 1. The van der Waals surface area contributed by atoms with Crippen LogP contribution >= 0.6 is 0 Å². The van der Waals surface area contributed by atoms with Gasteiger partial charge in [-0.3, -0.25) is 0 Å². The third-order valence-corrected chi connectivity index (χ3v) is 5.45. The number of benzene rings is 1. The number of aromatic nitrogens is 1. The molecule has 1 aliphatic heterocycles. The molecule has 1 saturated heterocycles. The molecule has 25 heavy (non-hydrogen) atoms. The lowest BCUT2D eigenvalue weighted by Gasteiger charge is -2.39. The maximum Gasteiger partial charge on any atom is 0.315 e. The molecular formula is C19H25N3O3. The van der Waals surface area contributed by atoms with Crippen LogP contribution in [0.15, 0.2) is 18.2 Å². The molecule has 1 fully saturated rings. The van der Waals surface area contributed by atoms with Gasteiger partial charge in [0, 0.05) is 29.2 Å². The number of H-pyrrole nitrogens is 1. The lowest BCUT2D eigenvalue weighted by molar-refractivity contribution is -0.132. The van der Waals surface area contributed by atoms with Gasteiger partial charge in [-0.1, -0.05) is 11.6 Å². The molecule has 6 nitrogen and oxygen atoms in total. The number of amides is 2. The summed E-state index contributed by atoms with van der Waals surface area (Å²) >= 11 is 0. The molecule has 2 heterocycles. The van der Waals surface area contributed by atoms with Crippen molar-refractivity contribution >= 4 is 16.9 Å². The normalized spacial score (nSPS) is 21.4. The molecule has 1 aliphatic carbocycles. The monoisotopic (exact) mass is 343 g/mol. The molecule has 2 aliphatic rings. The number of rotatable bonds is 4. The third-order valence-electron chi connectivity index (χ3n) is 5.45. The summed E-state index contributed by atoms with van der Waals surface area (Å²) in [5.74, 6) is 0. The second-order valence-corrected chi connectivity index (χ2v) is 7.55. The van der Waals surface area contributed by atoms with E-state index >= 15 is 0 Å². The summed E-state index contributed by atoms with van der Waals surface area (Å²) in [7, 11) is 0. The number of hydrogen-bond acceptors (Lipinski definition) is 3. The van der Waals surface area contributed by atoms with Gasteiger partial charge in [-0.15, -0.1) is 0 Å². The maximum atomic E-state index is 12.2. The predicted molar refractivity (Wildman–Crippen MR) is 95.7 cm³/mol. The summed E-state index contributed by atoms with van der Waals surface area (Å²) in [6.45, 7) is 3.59. The van der Waals surface area contributed by atoms with Gasteiger partial charge in [-0.2, -0.15) is 0 Å². The molecule has 6 heteroatoms. The Kier molecular flexibility index (Phi) is 4.17. The number of aryl methyl sites for hydroxylation is 2. The highest BCUT2D eigenvalue weighted by atomic mass is 16.5. The van der Waals surface area contributed by atoms with Crippen LogP contribution in [0.3, 0.4) is 0 Å². The zero-order chi connectivity index (χ0) is 17.4. The van der Waals surface area contributed by atoms with Crippen LogP contribution in [0.5, 0.6) is 0 Å². The fraction of sp³-hybridized carbons (Fsp3) is 0.526. The number of aliphatic hydroxyl groups excluding tert-OH is 1. The van der Waals surface area contributed by atoms with Crippen LogP contribution in [-0.4, -0.2) is 48.5 Å². The summed E-state index contributed by atoms with van der Waals surface area (Å²) in [6, 6.07) is 6.44. The highest BCUT2D eigenvalue weighted by Gasteiger charge is 2.38. The van der Waals surface area contributed by atoms with Crippen LogP contribution in [0.2, 0.25) is 0 Å². The van der Waals surface area contributed by atoms with Crippen molar-refractivity contribution < 1.29 is 14.6 Å². The quantitative estimate of drug-likeness (QED) is 0.681. The van der Waals surface area contributed by atoms with E-state index in [1.165, 1.54) is 27.7 Å². The van der Waals surface area contributed by atoms with Gasteiger partial charge in [0.15, 0.2) is 0 Å². The Balaban J connectivity index is 1.39. The molecular weight excluding hydrogens is 318 g/mol. The minimum Gasteiger partial charge on any atom is -0.396 e. The van der Waals surface area contributed by atoms with Gasteiger partial charge in [0.25, 0.3) is 0 Å². The Bertz CT molecular complexity index is 789. The number of ether oxygens (including phenoxy) is 1. The van der Waals surface area contributed by atoms with Crippen molar-refractivity contribution in [1.29, 1.82) is 0 Å². The lowest BCUT2D eigenvalue weighted by Crippen LogP contribution is -2.55. The number of fused-ring (bicyclic) bond motifs is 3. The van der Waals surface area contributed by atoms with E-state index < -0.39 is 0 Å². The van der Waals surface area contributed by atoms with E-state index in [2.05, 4.69) is 40.7 Å². The van der Waals surface area contributed by atoms with Crippen molar-refractivity contribution in [3.05, 3.63) is 35.0 Å². The van der Waals surface area contributed by atoms with Gasteiger partial charge >= 0.3 is 6.03 Å². The zero-order valence-electron chi connectivity index (χ0n) is 14.5. The van der Waals surface area contributed by atoms with Gasteiger partial charge in [-0.05, 0) is 43.9 Å². The minimum absolute atomic E-state index is 0.0365. The Hall–Kier alpha value is -2.05. The van der Waals surface area contributed by atoms with Crippen molar-refractivity contribution in [3.63, 3.8) is 0 Å². The smallest absolute Gasteiger partial charge is 0.315 e. The van der Waals surface area contributed by atoms with Crippen LogP contribution in [0.4, 0.5) is 4.79 Å². The number of carbonyl (C=O) groups excluding carboxylic acids is 1. The van der Waals surface area contributed by atoms with E-state index in [4.69, 9.17) is 4.74 Å². The zero-order valence-corrected chi connectivity index (χ0v) is 14.5. The second-order valence-electron chi connectivity index (χ2n) is 7.55. The van der Waals surface area contributed by atoms with E-state index in [9.17, 15) is 9.90 Å². The molecule has 0 radical (unpaired) electrons. The first kappa shape index (κ1) is 16.4. The number of urea groups is 1. The molecule has 1 unspecified atom stereocenters. The number of hydrogen-bond donors (Lipinski definition) is 4. The Labute approximate surface area is 146 Å². The largest absolute Gasteiger partial charge is 0.396 e. The van der Waals surface area contributed by atoms with Gasteiger partial charge in [0.2, 0.25) is 0 Å². The number of aliphatic hydroxyl groups is 1. The first-order valence-corrected chi connectivity index (χ1v) is 8.92. The first-order chi connectivity index (χ1) is 12.1. The molecule has 4 rings (SSSR count). The number of aromatic amines is 1. The van der Waals surface area contributed by atoms with Crippen LogP contribution in [0, 0.1) is 12.3 Å². The van der Waals surface area contributed by atoms with Gasteiger partial charge in [0.1, 0.15) is 0 Å². The third kappa shape index (κ3) is 3.12. The van der Waals surface area contributed by atoms with Crippen LogP contribution < -0.4 is 10.6 Å². The molecule has 134 valence electrons. The summed E-state index contributed by atoms with van der Waals surface area (Å²) in [6.07, 6.45) is 2.73. The molecule has 2 amide bonds. The van der Waals surface area contributed by atoms with Crippen molar-refractivity contribution in [2.45, 2.75) is 32.2 Å². The van der Waals surface area contributed by atoms with Gasteiger partial charge < -0.3 is 25.5 Å². The van der Waals surface area contributed by atoms with Gasteiger partial charge in [-0.25, -0.2) is 4.79 Å². The van der Waals surface area contributed by atoms with E-state index in [0.29, 0.717) is 19.8 Å². The highest BCUT2D eigenvalue weighted by Crippen LogP contribution is 2.30. The van der Waals surface area contributed by atoms with E-state index in [0.717, 1.165) is 19.3 Å². The average Bonchev–Trinajstić information content (AvgIpc) is 2.92. The van der Waals surface area contributed by atoms with E-state index in [-0.39, 0.29) is 24.1 Å². The minimum atomic E-state index is -0.300. The molecule has 0 bridgehead atoms.